The zero-order valence-electron chi connectivity index (χ0n) is 11.6. The maximum atomic E-state index is 12.8. The average Bonchev–Trinajstić information content (AvgIpc) is 3.18. The molecular formula is C13H18BrClN2O2S2. The normalized spacial score (nSPS) is 25.0. The molecule has 2 fully saturated rings. The maximum Gasteiger partial charge on any atom is 0.245 e. The molecule has 4 nitrogen and oxygen atoms in total. The molecule has 3 heterocycles. The van der Waals surface area contributed by atoms with Crippen LogP contribution >= 0.6 is 38.9 Å². The van der Waals surface area contributed by atoms with E-state index in [2.05, 4.69) is 20.8 Å². The van der Waals surface area contributed by atoms with Crippen LogP contribution in [0.25, 0.3) is 0 Å². The first-order valence-electron chi connectivity index (χ1n) is 7.11. The van der Waals surface area contributed by atoms with Crippen molar-refractivity contribution in [1.82, 2.24) is 9.21 Å². The number of sulfonamides is 1. The van der Waals surface area contributed by atoms with Gasteiger partial charge >= 0.3 is 0 Å². The van der Waals surface area contributed by atoms with Crippen LogP contribution in [0.2, 0.25) is 0 Å². The molecule has 2 aliphatic heterocycles. The number of alkyl halides is 1. The number of halogens is 2. The summed E-state index contributed by atoms with van der Waals surface area (Å²) >= 11 is 10.6. The van der Waals surface area contributed by atoms with E-state index in [-0.39, 0.29) is 0 Å². The van der Waals surface area contributed by atoms with Gasteiger partial charge in [-0.05, 0) is 54.3 Å². The van der Waals surface area contributed by atoms with Gasteiger partial charge in [-0.15, -0.1) is 22.9 Å². The summed E-state index contributed by atoms with van der Waals surface area (Å²) in [6.07, 6.45) is 3.40. The van der Waals surface area contributed by atoms with Gasteiger partial charge in [-0.2, -0.15) is 4.31 Å². The molecule has 0 N–H and O–H groups in total. The standard InChI is InChI=1S/C13H18BrClN2O2S2/c14-13-12(7-11(8-15)20-13)21(18,19)17-6-3-10(9-17)16-4-1-2-5-16/h7,10H,1-6,8-9H2. The summed E-state index contributed by atoms with van der Waals surface area (Å²) in [5, 5.41) is 0. The summed E-state index contributed by atoms with van der Waals surface area (Å²) in [4.78, 5) is 3.67. The molecular weight excluding hydrogens is 396 g/mol. The van der Waals surface area contributed by atoms with Crippen LogP contribution in [-0.4, -0.2) is 49.8 Å². The van der Waals surface area contributed by atoms with Crippen molar-refractivity contribution in [2.45, 2.75) is 36.1 Å². The van der Waals surface area contributed by atoms with E-state index in [1.165, 1.54) is 24.2 Å². The highest BCUT2D eigenvalue weighted by molar-refractivity contribution is 9.11. The summed E-state index contributed by atoms with van der Waals surface area (Å²) in [5.74, 6) is 0.342. The number of thiophene rings is 1. The summed E-state index contributed by atoms with van der Waals surface area (Å²) in [6.45, 7) is 3.44. The zero-order valence-corrected chi connectivity index (χ0v) is 15.6. The van der Waals surface area contributed by atoms with Gasteiger partial charge in [-0.25, -0.2) is 8.42 Å². The monoisotopic (exact) mass is 412 g/mol. The van der Waals surface area contributed by atoms with Gasteiger partial charge in [0.2, 0.25) is 10.0 Å². The van der Waals surface area contributed by atoms with E-state index < -0.39 is 10.0 Å². The molecule has 0 amide bonds. The molecule has 0 radical (unpaired) electrons. The molecule has 118 valence electrons. The third-order valence-electron chi connectivity index (χ3n) is 4.24. The largest absolute Gasteiger partial charge is 0.299 e. The summed E-state index contributed by atoms with van der Waals surface area (Å²) in [7, 11) is -3.41. The van der Waals surface area contributed by atoms with E-state index in [1.54, 1.807) is 10.4 Å². The highest BCUT2D eigenvalue weighted by atomic mass is 79.9. The lowest BCUT2D eigenvalue weighted by Gasteiger charge is -2.23. The van der Waals surface area contributed by atoms with E-state index in [0.717, 1.165) is 24.4 Å². The minimum Gasteiger partial charge on any atom is -0.299 e. The molecule has 2 saturated heterocycles. The Morgan fingerprint density at radius 2 is 2.05 bits per heavy atom. The minimum absolute atomic E-state index is 0.342. The fraction of sp³-hybridized carbons (Fsp3) is 0.692. The van der Waals surface area contributed by atoms with Crippen molar-refractivity contribution in [3.8, 4) is 0 Å². The molecule has 0 bridgehead atoms. The van der Waals surface area contributed by atoms with E-state index in [9.17, 15) is 8.42 Å². The van der Waals surface area contributed by atoms with Gasteiger partial charge in [0.1, 0.15) is 4.90 Å². The molecule has 2 aliphatic rings. The van der Waals surface area contributed by atoms with Gasteiger partial charge in [-0.3, -0.25) is 4.90 Å². The topological polar surface area (TPSA) is 40.6 Å². The number of nitrogens with zero attached hydrogens (tertiary/aromatic N) is 2. The van der Waals surface area contributed by atoms with Crippen molar-refractivity contribution in [2.75, 3.05) is 26.2 Å². The number of hydrogen-bond donors (Lipinski definition) is 0. The predicted molar refractivity (Wildman–Crippen MR) is 89.5 cm³/mol. The highest BCUT2D eigenvalue weighted by Crippen LogP contribution is 2.35. The third-order valence-corrected chi connectivity index (χ3v) is 8.80. The van der Waals surface area contributed by atoms with Gasteiger partial charge in [0.05, 0.1) is 9.67 Å². The van der Waals surface area contributed by atoms with Crippen LogP contribution in [0.15, 0.2) is 14.7 Å². The maximum absolute atomic E-state index is 12.8. The first-order chi connectivity index (χ1) is 10.0. The van der Waals surface area contributed by atoms with E-state index in [0.29, 0.717) is 33.7 Å². The van der Waals surface area contributed by atoms with E-state index in [1.807, 2.05) is 0 Å². The fourth-order valence-electron chi connectivity index (χ4n) is 3.11. The molecule has 0 aromatic carbocycles. The van der Waals surface area contributed by atoms with Crippen molar-refractivity contribution in [2.24, 2.45) is 0 Å². The van der Waals surface area contributed by atoms with Crippen LogP contribution in [0.5, 0.6) is 0 Å². The second-order valence-electron chi connectivity index (χ2n) is 5.53. The molecule has 1 aromatic rings. The summed E-state index contributed by atoms with van der Waals surface area (Å²) in [6, 6.07) is 2.08. The lowest BCUT2D eigenvalue weighted by molar-refractivity contribution is 0.251. The Hall–Kier alpha value is 0.340. The second-order valence-corrected chi connectivity index (χ2v) is 10.2. The molecule has 3 rings (SSSR count). The Labute approximate surface area is 143 Å². The van der Waals surface area contributed by atoms with Crippen LogP contribution < -0.4 is 0 Å². The van der Waals surface area contributed by atoms with Crippen molar-refractivity contribution in [1.29, 1.82) is 0 Å². The van der Waals surface area contributed by atoms with Gasteiger partial charge in [0.15, 0.2) is 0 Å². The number of rotatable bonds is 4. The van der Waals surface area contributed by atoms with E-state index in [4.69, 9.17) is 11.6 Å². The summed E-state index contributed by atoms with van der Waals surface area (Å²) < 4.78 is 27.9. The highest BCUT2D eigenvalue weighted by Gasteiger charge is 2.37. The first kappa shape index (κ1) is 16.2. The number of hydrogen-bond acceptors (Lipinski definition) is 4. The van der Waals surface area contributed by atoms with Crippen molar-refractivity contribution >= 4 is 48.9 Å². The number of likely N-dealkylation sites (tertiary alicyclic amines) is 1. The minimum atomic E-state index is -3.41. The first-order valence-corrected chi connectivity index (χ1v) is 10.7. The molecule has 8 heteroatoms. The smallest absolute Gasteiger partial charge is 0.245 e. The fourth-order valence-corrected chi connectivity index (χ4v) is 7.33. The molecule has 0 aliphatic carbocycles. The lowest BCUT2D eigenvalue weighted by atomic mass is 10.2. The van der Waals surface area contributed by atoms with Crippen molar-refractivity contribution in [3.05, 3.63) is 14.7 Å². The van der Waals surface area contributed by atoms with Crippen molar-refractivity contribution < 1.29 is 8.42 Å². The summed E-state index contributed by atoms with van der Waals surface area (Å²) in [5.41, 5.74) is 0. The van der Waals surface area contributed by atoms with Crippen molar-refractivity contribution in [3.63, 3.8) is 0 Å². The Morgan fingerprint density at radius 1 is 1.33 bits per heavy atom. The molecule has 21 heavy (non-hydrogen) atoms. The SMILES string of the molecule is O=S(=O)(c1cc(CCl)sc1Br)N1CCC(N2CCCC2)C1. The average molecular weight is 414 g/mol. The Morgan fingerprint density at radius 3 is 2.67 bits per heavy atom. The van der Waals surface area contributed by atoms with Crippen LogP contribution in [-0.2, 0) is 15.9 Å². The molecule has 0 saturated carbocycles. The third kappa shape index (κ3) is 3.19. The molecule has 0 spiro atoms. The van der Waals surface area contributed by atoms with Crippen LogP contribution in [0.3, 0.4) is 0 Å². The van der Waals surface area contributed by atoms with Crippen LogP contribution in [0, 0.1) is 0 Å². The molecule has 1 aromatic heterocycles. The van der Waals surface area contributed by atoms with Crippen LogP contribution in [0.4, 0.5) is 0 Å². The second kappa shape index (κ2) is 6.45. The lowest BCUT2D eigenvalue weighted by Crippen LogP contribution is -2.37. The van der Waals surface area contributed by atoms with Gasteiger partial charge < -0.3 is 0 Å². The zero-order chi connectivity index (χ0) is 15.0. The van der Waals surface area contributed by atoms with Crippen LogP contribution in [0.1, 0.15) is 24.1 Å². The quantitative estimate of drug-likeness (QED) is 0.712. The Kier molecular flexibility index (Phi) is 4.98. The van der Waals surface area contributed by atoms with Gasteiger partial charge in [0.25, 0.3) is 0 Å². The van der Waals surface area contributed by atoms with E-state index >= 15 is 0 Å². The Balaban J connectivity index is 1.77. The Bertz CT molecular complexity index is 614. The predicted octanol–water partition coefficient (Wildman–Crippen LogP) is 3.11. The molecule has 1 unspecified atom stereocenters. The van der Waals surface area contributed by atoms with Gasteiger partial charge in [-0.1, -0.05) is 0 Å². The van der Waals surface area contributed by atoms with Gasteiger partial charge in [0, 0.05) is 24.0 Å². The molecule has 1 atom stereocenters.